The molecule has 0 fully saturated rings. The fourth-order valence-corrected chi connectivity index (χ4v) is 3.16. The zero-order valence-electron chi connectivity index (χ0n) is 15.1. The Bertz CT molecular complexity index is 1070. The molecule has 0 radical (unpaired) electrons. The van der Waals surface area contributed by atoms with Crippen molar-refractivity contribution in [3.05, 3.63) is 89.9 Å². The minimum atomic E-state index is -0.0668. The number of nitrogens with zero attached hydrogens (tertiary/aromatic N) is 3. The van der Waals surface area contributed by atoms with Crippen molar-refractivity contribution in [1.82, 2.24) is 19.9 Å². The summed E-state index contributed by atoms with van der Waals surface area (Å²) >= 11 is 0. The first-order valence-corrected chi connectivity index (χ1v) is 8.95. The number of hydrogen-bond donors (Lipinski definition) is 1. The normalized spacial score (nSPS) is 10.9. The lowest BCUT2D eigenvalue weighted by molar-refractivity contribution is 0.0954. The van der Waals surface area contributed by atoms with Gasteiger partial charge in [-0.05, 0) is 55.3 Å². The summed E-state index contributed by atoms with van der Waals surface area (Å²) in [6.45, 7) is 2.56. The van der Waals surface area contributed by atoms with Crippen molar-refractivity contribution in [3.63, 3.8) is 0 Å². The quantitative estimate of drug-likeness (QED) is 0.593. The highest BCUT2D eigenvalue weighted by Gasteiger charge is 2.11. The number of benzene rings is 2. The average Bonchev–Trinajstić information content (AvgIpc) is 3.04. The molecule has 0 atom stereocenters. The third kappa shape index (κ3) is 3.58. The molecule has 0 aliphatic carbocycles. The molecule has 134 valence electrons. The number of aromatic nitrogens is 3. The number of nitrogens with one attached hydrogen (secondary N) is 1. The zero-order chi connectivity index (χ0) is 18.6. The van der Waals surface area contributed by atoms with Gasteiger partial charge in [-0.3, -0.25) is 9.36 Å². The van der Waals surface area contributed by atoms with Crippen molar-refractivity contribution in [2.45, 2.75) is 13.3 Å². The third-order valence-electron chi connectivity index (χ3n) is 4.51. The first-order chi connectivity index (χ1) is 13.2. The molecule has 2 heterocycles. The molecule has 4 aromatic rings. The van der Waals surface area contributed by atoms with E-state index in [4.69, 9.17) is 0 Å². The van der Waals surface area contributed by atoms with Crippen LogP contribution in [0, 0.1) is 6.92 Å². The first kappa shape index (κ1) is 17.0. The van der Waals surface area contributed by atoms with E-state index in [0.29, 0.717) is 12.1 Å². The van der Waals surface area contributed by atoms with Crippen LogP contribution in [0.3, 0.4) is 0 Å². The minimum absolute atomic E-state index is 0.0668. The predicted molar refractivity (Wildman–Crippen MR) is 106 cm³/mol. The van der Waals surface area contributed by atoms with E-state index in [2.05, 4.69) is 27.4 Å². The Hall–Kier alpha value is -3.47. The maximum atomic E-state index is 12.4. The molecule has 1 N–H and O–H groups in total. The van der Waals surface area contributed by atoms with Gasteiger partial charge in [0.25, 0.3) is 5.91 Å². The number of fused-ring (bicyclic) bond motifs is 1. The van der Waals surface area contributed by atoms with Gasteiger partial charge in [0.15, 0.2) is 5.65 Å². The maximum absolute atomic E-state index is 12.4. The van der Waals surface area contributed by atoms with Gasteiger partial charge in [0.2, 0.25) is 0 Å². The van der Waals surface area contributed by atoms with Crippen LogP contribution in [0.5, 0.6) is 0 Å². The molecule has 27 heavy (non-hydrogen) atoms. The lowest BCUT2D eigenvalue weighted by Gasteiger charge is -2.08. The summed E-state index contributed by atoms with van der Waals surface area (Å²) in [5.41, 5.74) is 4.47. The third-order valence-corrected chi connectivity index (χ3v) is 4.51. The molecule has 2 aromatic heterocycles. The van der Waals surface area contributed by atoms with E-state index >= 15 is 0 Å². The first-order valence-electron chi connectivity index (χ1n) is 8.95. The van der Waals surface area contributed by atoms with Crippen molar-refractivity contribution in [3.8, 4) is 5.69 Å². The van der Waals surface area contributed by atoms with Gasteiger partial charge in [-0.15, -0.1) is 0 Å². The fraction of sp³-hybridized carbons (Fsp3) is 0.136. The van der Waals surface area contributed by atoms with Crippen LogP contribution in [-0.4, -0.2) is 27.0 Å². The SMILES string of the molecule is Cc1nc2cccnc2n1-c1ccc(C(=O)NCCc2ccccc2)cc1. The van der Waals surface area contributed by atoms with E-state index in [1.165, 1.54) is 5.56 Å². The smallest absolute Gasteiger partial charge is 0.251 e. The highest BCUT2D eigenvalue weighted by molar-refractivity contribution is 5.94. The van der Waals surface area contributed by atoms with Gasteiger partial charge >= 0.3 is 0 Å². The van der Waals surface area contributed by atoms with Crippen molar-refractivity contribution in [1.29, 1.82) is 0 Å². The zero-order valence-corrected chi connectivity index (χ0v) is 15.1. The molecule has 5 heteroatoms. The van der Waals surface area contributed by atoms with E-state index in [1.54, 1.807) is 6.20 Å². The molecule has 4 rings (SSSR count). The Balaban J connectivity index is 1.47. The van der Waals surface area contributed by atoms with Crippen molar-refractivity contribution in [2.24, 2.45) is 0 Å². The fourth-order valence-electron chi connectivity index (χ4n) is 3.16. The average molecular weight is 356 g/mol. The van der Waals surface area contributed by atoms with Crippen LogP contribution < -0.4 is 5.32 Å². The minimum Gasteiger partial charge on any atom is -0.352 e. The highest BCUT2D eigenvalue weighted by atomic mass is 16.1. The number of imidazole rings is 1. The Morgan fingerprint density at radius 2 is 1.78 bits per heavy atom. The molecule has 0 unspecified atom stereocenters. The topological polar surface area (TPSA) is 59.8 Å². The van der Waals surface area contributed by atoms with E-state index in [0.717, 1.165) is 29.1 Å². The summed E-state index contributed by atoms with van der Waals surface area (Å²) in [6.07, 6.45) is 2.57. The lowest BCUT2D eigenvalue weighted by Crippen LogP contribution is -2.25. The summed E-state index contributed by atoms with van der Waals surface area (Å²) in [7, 11) is 0. The van der Waals surface area contributed by atoms with Gasteiger partial charge in [-0.1, -0.05) is 30.3 Å². The van der Waals surface area contributed by atoms with Crippen LogP contribution in [0.25, 0.3) is 16.9 Å². The number of aryl methyl sites for hydroxylation is 1. The standard InChI is InChI=1S/C22H20N4O/c1-16-25-20-8-5-14-23-21(20)26(16)19-11-9-18(10-12-19)22(27)24-15-13-17-6-3-2-4-7-17/h2-12,14H,13,15H2,1H3,(H,24,27). The van der Waals surface area contributed by atoms with Crippen LogP contribution in [0.2, 0.25) is 0 Å². The molecule has 0 saturated heterocycles. The molecule has 0 spiro atoms. The Morgan fingerprint density at radius 3 is 2.56 bits per heavy atom. The summed E-state index contributed by atoms with van der Waals surface area (Å²) in [5.74, 6) is 0.798. The number of carbonyl (C=O) groups excluding carboxylic acids is 1. The van der Waals surface area contributed by atoms with Crippen molar-refractivity contribution < 1.29 is 4.79 Å². The number of amides is 1. The van der Waals surface area contributed by atoms with E-state index < -0.39 is 0 Å². The van der Waals surface area contributed by atoms with Crippen LogP contribution in [0.4, 0.5) is 0 Å². The van der Waals surface area contributed by atoms with Crippen LogP contribution in [0.1, 0.15) is 21.7 Å². The van der Waals surface area contributed by atoms with Gasteiger partial charge in [-0.2, -0.15) is 0 Å². The highest BCUT2D eigenvalue weighted by Crippen LogP contribution is 2.19. The predicted octanol–water partition coefficient (Wildman–Crippen LogP) is 3.70. The van der Waals surface area contributed by atoms with E-state index in [9.17, 15) is 4.79 Å². The van der Waals surface area contributed by atoms with Gasteiger partial charge in [0.1, 0.15) is 11.3 Å². The van der Waals surface area contributed by atoms with Gasteiger partial charge in [0.05, 0.1) is 0 Å². The molecule has 1 amide bonds. The molecular formula is C22H20N4O. The molecule has 0 aliphatic rings. The van der Waals surface area contributed by atoms with Crippen LogP contribution >= 0.6 is 0 Å². The van der Waals surface area contributed by atoms with Crippen molar-refractivity contribution >= 4 is 17.1 Å². The van der Waals surface area contributed by atoms with Gasteiger partial charge in [-0.25, -0.2) is 9.97 Å². The molecule has 0 bridgehead atoms. The molecule has 0 aliphatic heterocycles. The second-order valence-corrected chi connectivity index (χ2v) is 6.38. The largest absolute Gasteiger partial charge is 0.352 e. The monoisotopic (exact) mass is 356 g/mol. The Morgan fingerprint density at radius 1 is 1.00 bits per heavy atom. The summed E-state index contributed by atoms with van der Waals surface area (Å²) in [5, 5.41) is 2.97. The van der Waals surface area contributed by atoms with Crippen LogP contribution in [0.15, 0.2) is 72.9 Å². The van der Waals surface area contributed by atoms with E-state index in [1.807, 2.05) is 66.1 Å². The van der Waals surface area contributed by atoms with Crippen molar-refractivity contribution in [2.75, 3.05) is 6.54 Å². The molecule has 0 saturated carbocycles. The van der Waals surface area contributed by atoms with Crippen LogP contribution in [-0.2, 0) is 6.42 Å². The Kier molecular flexibility index (Phi) is 4.66. The summed E-state index contributed by atoms with van der Waals surface area (Å²) in [6, 6.07) is 21.5. The molecular weight excluding hydrogens is 336 g/mol. The Labute approximate surface area is 157 Å². The molecule has 2 aromatic carbocycles. The number of hydrogen-bond acceptors (Lipinski definition) is 3. The second-order valence-electron chi connectivity index (χ2n) is 6.38. The summed E-state index contributed by atoms with van der Waals surface area (Å²) in [4.78, 5) is 21.3. The maximum Gasteiger partial charge on any atom is 0.251 e. The van der Waals surface area contributed by atoms with E-state index in [-0.39, 0.29) is 5.91 Å². The lowest BCUT2D eigenvalue weighted by atomic mass is 10.1. The van der Waals surface area contributed by atoms with Gasteiger partial charge < -0.3 is 5.32 Å². The van der Waals surface area contributed by atoms with Gasteiger partial charge in [0, 0.05) is 24.0 Å². The second kappa shape index (κ2) is 7.41. The molecule has 5 nitrogen and oxygen atoms in total. The number of rotatable bonds is 5. The summed E-state index contributed by atoms with van der Waals surface area (Å²) < 4.78 is 1.99. The number of pyridine rings is 1. The number of carbonyl (C=O) groups is 1.